The van der Waals surface area contributed by atoms with E-state index in [9.17, 15) is 8.42 Å². The van der Waals surface area contributed by atoms with Crippen molar-refractivity contribution in [3.63, 3.8) is 0 Å². The SMILES string of the molecule is O=S(=O)(O)NCCN1CCOCC1. The second kappa shape index (κ2) is 4.87. The Morgan fingerprint density at radius 2 is 2.00 bits per heavy atom. The van der Waals surface area contributed by atoms with Crippen molar-refractivity contribution in [2.45, 2.75) is 0 Å². The van der Waals surface area contributed by atoms with Crippen LogP contribution in [0.3, 0.4) is 0 Å². The van der Waals surface area contributed by atoms with Gasteiger partial charge < -0.3 is 4.74 Å². The number of hydrogen-bond acceptors (Lipinski definition) is 4. The van der Waals surface area contributed by atoms with Gasteiger partial charge >= 0.3 is 10.3 Å². The van der Waals surface area contributed by atoms with Crippen LogP contribution in [-0.2, 0) is 15.0 Å². The molecule has 1 saturated heterocycles. The highest BCUT2D eigenvalue weighted by Crippen LogP contribution is 1.94. The van der Waals surface area contributed by atoms with E-state index in [1.807, 2.05) is 4.72 Å². The maximum atomic E-state index is 10.3. The van der Waals surface area contributed by atoms with Crippen LogP contribution in [0.15, 0.2) is 0 Å². The zero-order valence-corrected chi connectivity index (χ0v) is 8.09. The summed E-state index contributed by atoms with van der Waals surface area (Å²) >= 11 is 0. The van der Waals surface area contributed by atoms with E-state index in [1.165, 1.54) is 0 Å². The first-order valence-corrected chi connectivity index (χ1v) is 5.54. The summed E-state index contributed by atoms with van der Waals surface area (Å²) in [6, 6.07) is 0. The van der Waals surface area contributed by atoms with E-state index in [-0.39, 0.29) is 6.54 Å². The molecule has 1 fully saturated rings. The summed E-state index contributed by atoms with van der Waals surface area (Å²) in [4.78, 5) is 2.07. The minimum atomic E-state index is -4.03. The lowest BCUT2D eigenvalue weighted by molar-refractivity contribution is 0.0390. The Morgan fingerprint density at radius 1 is 1.38 bits per heavy atom. The van der Waals surface area contributed by atoms with Gasteiger partial charge in [0, 0.05) is 26.2 Å². The number of nitrogens with zero attached hydrogens (tertiary/aromatic N) is 1. The molecule has 0 aromatic heterocycles. The predicted octanol–water partition coefficient (Wildman–Crippen LogP) is -1.29. The van der Waals surface area contributed by atoms with Gasteiger partial charge in [-0.25, -0.2) is 0 Å². The average Bonchev–Trinajstić information content (AvgIpc) is 2.04. The van der Waals surface area contributed by atoms with Crippen molar-refractivity contribution in [3.05, 3.63) is 0 Å². The summed E-state index contributed by atoms with van der Waals surface area (Å²) in [5.74, 6) is 0. The zero-order valence-electron chi connectivity index (χ0n) is 7.27. The Morgan fingerprint density at radius 3 is 2.54 bits per heavy atom. The maximum Gasteiger partial charge on any atom is 0.333 e. The van der Waals surface area contributed by atoms with E-state index in [0.717, 1.165) is 13.1 Å². The quantitative estimate of drug-likeness (QED) is 0.564. The first-order valence-electron chi connectivity index (χ1n) is 4.10. The second-order valence-corrected chi connectivity index (χ2v) is 4.06. The Labute approximate surface area is 77.7 Å². The van der Waals surface area contributed by atoms with E-state index >= 15 is 0 Å². The Hall–Kier alpha value is -0.210. The van der Waals surface area contributed by atoms with Crippen molar-refractivity contribution in [1.82, 2.24) is 9.62 Å². The molecule has 1 heterocycles. The number of hydrogen-bond donors (Lipinski definition) is 2. The van der Waals surface area contributed by atoms with E-state index in [1.54, 1.807) is 0 Å². The lowest BCUT2D eigenvalue weighted by atomic mass is 10.4. The molecule has 0 aliphatic carbocycles. The third-order valence-electron chi connectivity index (χ3n) is 1.82. The molecule has 1 rings (SSSR count). The van der Waals surface area contributed by atoms with E-state index in [4.69, 9.17) is 9.29 Å². The number of ether oxygens (including phenoxy) is 1. The highest BCUT2D eigenvalue weighted by atomic mass is 32.2. The van der Waals surface area contributed by atoms with Gasteiger partial charge in [-0.1, -0.05) is 0 Å². The molecule has 1 aliphatic rings. The molecule has 2 N–H and O–H groups in total. The fourth-order valence-electron chi connectivity index (χ4n) is 1.16. The van der Waals surface area contributed by atoms with E-state index in [2.05, 4.69) is 4.90 Å². The van der Waals surface area contributed by atoms with Gasteiger partial charge in [0.2, 0.25) is 0 Å². The van der Waals surface area contributed by atoms with Gasteiger partial charge in [0.05, 0.1) is 13.2 Å². The van der Waals surface area contributed by atoms with Crippen molar-refractivity contribution in [2.75, 3.05) is 39.4 Å². The van der Waals surface area contributed by atoms with Crippen LogP contribution in [0.1, 0.15) is 0 Å². The lowest BCUT2D eigenvalue weighted by Crippen LogP contribution is -2.41. The van der Waals surface area contributed by atoms with E-state index < -0.39 is 10.3 Å². The monoisotopic (exact) mass is 210 g/mol. The second-order valence-electron chi connectivity index (χ2n) is 2.82. The van der Waals surface area contributed by atoms with Gasteiger partial charge in [0.1, 0.15) is 0 Å². The predicted molar refractivity (Wildman–Crippen MR) is 46.8 cm³/mol. The standard InChI is InChI=1S/C6H14N2O4S/c9-13(10,11)7-1-2-8-3-5-12-6-4-8/h7H,1-6H2,(H,9,10,11). The van der Waals surface area contributed by atoms with Gasteiger partial charge in [0.15, 0.2) is 0 Å². The summed E-state index contributed by atoms with van der Waals surface area (Å²) in [6.07, 6.45) is 0. The molecule has 6 nitrogen and oxygen atoms in total. The van der Waals surface area contributed by atoms with Crippen LogP contribution in [-0.4, -0.2) is 57.3 Å². The summed E-state index contributed by atoms with van der Waals surface area (Å²) in [7, 11) is -4.03. The molecule has 0 amide bonds. The van der Waals surface area contributed by atoms with Crippen LogP contribution >= 0.6 is 0 Å². The van der Waals surface area contributed by atoms with Crippen molar-refractivity contribution in [2.24, 2.45) is 0 Å². The molecular formula is C6H14N2O4S. The van der Waals surface area contributed by atoms with Crippen LogP contribution in [0.5, 0.6) is 0 Å². The van der Waals surface area contributed by atoms with Crippen LogP contribution in [0.4, 0.5) is 0 Å². The first-order chi connectivity index (χ1) is 6.08. The normalized spacial score (nSPS) is 20.4. The Balaban J connectivity index is 2.11. The molecule has 0 saturated carbocycles. The van der Waals surface area contributed by atoms with Crippen LogP contribution in [0.25, 0.3) is 0 Å². The summed E-state index contributed by atoms with van der Waals surface area (Å²) in [5, 5.41) is 0. The molecule has 0 bridgehead atoms. The van der Waals surface area contributed by atoms with Gasteiger partial charge in [-0.3, -0.25) is 9.45 Å². The minimum absolute atomic E-state index is 0.235. The van der Waals surface area contributed by atoms with Crippen molar-refractivity contribution in [3.8, 4) is 0 Å². The summed E-state index contributed by atoms with van der Waals surface area (Å²) < 4.78 is 36.0. The minimum Gasteiger partial charge on any atom is -0.379 e. The average molecular weight is 210 g/mol. The van der Waals surface area contributed by atoms with Gasteiger partial charge in [-0.05, 0) is 0 Å². The third-order valence-corrected chi connectivity index (χ3v) is 2.39. The number of nitrogens with one attached hydrogen (secondary N) is 1. The lowest BCUT2D eigenvalue weighted by Gasteiger charge is -2.26. The third kappa shape index (κ3) is 5.17. The molecule has 0 radical (unpaired) electrons. The van der Waals surface area contributed by atoms with Gasteiger partial charge in [0.25, 0.3) is 0 Å². The molecule has 0 unspecified atom stereocenters. The maximum absolute atomic E-state index is 10.3. The molecule has 0 atom stereocenters. The van der Waals surface area contributed by atoms with Crippen molar-refractivity contribution in [1.29, 1.82) is 0 Å². The molecule has 13 heavy (non-hydrogen) atoms. The van der Waals surface area contributed by atoms with Crippen LogP contribution < -0.4 is 4.72 Å². The molecule has 1 aliphatic heterocycles. The fraction of sp³-hybridized carbons (Fsp3) is 1.00. The largest absolute Gasteiger partial charge is 0.379 e. The smallest absolute Gasteiger partial charge is 0.333 e. The zero-order chi connectivity index (χ0) is 9.73. The van der Waals surface area contributed by atoms with Crippen molar-refractivity contribution < 1.29 is 17.7 Å². The van der Waals surface area contributed by atoms with Gasteiger partial charge in [-0.15, -0.1) is 0 Å². The topological polar surface area (TPSA) is 78.9 Å². The fourth-order valence-corrected chi connectivity index (χ4v) is 1.51. The first kappa shape index (κ1) is 10.9. The molecule has 0 aromatic carbocycles. The molecule has 78 valence electrons. The Kier molecular flexibility index (Phi) is 4.07. The molecule has 7 heteroatoms. The van der Waals surface area contributed by atoms with Crippen molar-refractivity contribution >= 4 is 10.3 Å². The van der Waals surface area contributed by atoms with Crippen LogP contribution in [0, 0.1) is 0 Å². The van der Waals surface area contributed by atoms with Gasteiger partial charge in [-0.2, -0.15) is 13.1 Å². The molecular weight excluding hydrogens is 196 g/mol. The molecule has 0 aromatic rings. The number of morpholine rings is 1. The Bertz CT molecular complexity index is 235. The van der Waals surface area contributed by atoms with Crippen LogP contribution in [0.2, 0.25) is 0 Å². The summed E-state index contributed by atoms with van der Waals surface area (Å²) in [5.41, 5.74) is 0. The highest BCUT2D eigenvalue weighted by molar-refractivity contribution is 7.83. The molecule has 0 spiro atoms. The summed E-state index contributed by atoms with van der Waals surface area (Å²) in [6.45, 7) is 3.83. The van der Waals surface area contributed by atoms with E-state index in [0.29, 0.717) is 19.8 Å². The number of rotatable bonds is 4. The highest BCUT2D eigenvalue weighted by Gasteiger charge is 2.10.